The van der Waals surface area contributed by atoms with Crippen LogP contribution in [0.15, 0.2) is 55.1 Å². The summed E-state index contributed by atoms with van der Waals surface area (Å²) in [6.45, 7) is 0. The van der Waals surface area contributed by atoms with E-state index in [-0.39, 0.29) is 22.5 Å². The van der Waals surface area contributed by atoms with Crippen LogP contribution in [0.1, 0.15) is 22.0 Å². The number of imidazole rings is 1. The van der Waals surface area contributed by atoms with Gasteiger partial charge in [-0.1, -0.05) is 6.07 Å². The summed E-state index contributed by atoms with van der Waals surface area (Å²) in [5, 5.41) is 16.2. The molecule has 1 unspecified atom stereocenters. The number of amides is 2. The Labute approximate surface area is 168 Å². The Morgan fingerprint density at radius 2 is 1.93 bits per heavy atom. The molecule has 3 rings (SSSR count). The van der Waals surface area contributed by atoms with Crippen molar-refractivity contribution in [3.8, 4) is 5.69 Å². The van der Waals surface area contributed by atoms with Crippen LogP contribution in [0, 0.1) is 21.7 Å². The lowest BCUT2D eigenvalue weighted by Crippen LogP contribution is -2.39. The highest BCUT2D eigenvalue weighted by Gasteiger charge is 2.25. The fourth-order valence-electron chi connectivity index (χ4n) is 2.78. The number of carbonyl (C=O) groups is 2. The molecule has 0 saturated carbocycles. The highest BCUT2D eigenvalue weighted by molar-refractivity contribution is 5.98. The number of likely N-dealkylation sites (N-methyl/N-ethyl adjacent to an activating group) is 1. The van der Waals surface area contributed by atoms with E-state index in [9.17, 15) is 28.5 Å². The fraction of sp³-hybridized carbons (Fsp3) is 0.105. The van der Waals surface area contributed by atoms with Crippen molar-refractivity contribution in [2.75, 3.05) is 7.05 Å². The van der Waals surface area contributed by atoms with Crippen LogP contribution in [0.3, 0.4) is 0 Å². The van der Waals surface area contributed by atoms with Gasteiger partial charge in [-0.05, 0) is 29.8 Å². The molecule has 0 bridgehead atoms. The number of carbonyl (C=O) groups excluding carboxylic acids is 2. The summed E-state index contributed by atoms with van der Waals surface area (Å²) in [6, 6.07) is 5.19. The van der Waals surface area contributed by atoms with E-state index in [0.717, 1.165) is 24.3 Å². The lowest BCUT2D eigenvalue weighted by Gasteiger charge is -2.18. The third kappa shape index (κ3) is 4.14. The van der Waals surface area contributed by atoms with Crippen LogP contribution in [-0.4, -0.2) is 33.3 Å². The van der Waals surface area contributed by atoms with E-state index < -0.39 is 34.4 Å². The van der Waals surface area contributed by atoms with E-state index in [0.29, 0.717) is 0 Å². The lowest BCUT2D eigenvalue weighted by atomic mass is 10.0. The molecule has 3 aromatic rings. The van der Waals surface area contributed by atoms with Crippen LogP contribution in [0.5, 0.6) is 0 Å². The molecule has 0 aliphatic rings. The maximum atomic E-state index is 13.6. The third-order valence-electron chi connectivity index (χ3n) is 4.28. The van der Waals surface area contributed by atoms with Crippen LogP contribution in [0.4, 0.5) is 14.5 Å². The number of hydrogen-bond acceptors (Lipinski definition) is 5. The smallest absolute Gasteiger partial charge is 0.294 e. The molecule has 0 aliphatic heterocycles. The number of nitro benzene ring substituents is 1. The Hall–Kier alpha value is -4.15. The summed E-state index contributed by atoms with van der Waals surface area (Å²) < 4.78 is 28.2. The minimum Gasteiger partial charge on any atom is -0.357 e. The van der Waals surface area contributed by atoms with Crippen LogP contribution in [0.2, 0.25) is 0 Å². The van der Waals surface area contributed by atoms with Crippen LogP contribution in [0.25, 0.3) is 5.69 Å². The number of hydrogen-bond donors (Lipinski definition) is 2. The standard InChI is InChI=1S/C19H15F2N5O4/c1-22-19(28)17(11-2-4-13(20)14(21)8-11)24-18(27)12-3-5-15(16(9-12)26(29)30)25-7-6-23-10-25/h2-10,17H,1H3,(H,22,28)(H,24,27). The largest absolute Gasteiger partial charge is 0.357 e. The number of halogens is 2. The van der Waals surface area contributed by atoms with Gasteiger partial charge in [0.1, 0.15) is 11.7 Å². The minimum absolute atomic E-state index is 0.00568. The number of nitrogens with one attached hydrogen (secondary N) is 2. The summed E-state index contributed by atoms with van der Waals surface area (Å²) in [5.41, 5.74) is -0.254. The summed E-state index contributed by atoms with van der Waals surface area (Å²) >= 11 is 0. The minimum atomic E-state index is -1.34. The Morgan fingerprint density at radius 3 is 2.53 bits per heavy atom. The van der Waals surface area contributed by atoms with Gasteiger partial charge in [0, 0.05) is 31.1 Å². The molecule has 2 amide bonds. The van der Waals surface area contributed by atoms with Crippen molar-refractivity contribution in [2.45, 2.75) is 6.04 Å². The number of aromatic nitrogens is 2. The summed E-state index contributed by atoms with van der Waals surface area (Å²) in [7, 11) is 1.31. The first kappa shape index (κ1) is 20.6. The SMILES string of the molecule is CNC(=O)C(NC(=O)c1ccc(-n2ccnc2)c([N+](=O)[O-])c1)c1ccc(F)c(F)c1. The van der Waals surface area contributed by atoms with Crippen molar-refractivity contribution in [1.82, 2.24) is 20.2 Å². The quantitative estimate of drug-likeness (QED) is 0.473. The van der Waals surface area contributed by atoms with Crippen molar-refractivity contribution in [1.29, 1.82) is 0 Å². The van der Waals surface area contributed by atoms with E-state index in [1.807, 2.05) is 0 Å². The number of rotatable bonds is 6. The van der Waals surface area contributed by atoms with Crippen molar-refractivity contribution < 1.29 is 23.3 Å². The third-order valence-corrected chi connectivity index (χ3v) is 4.28. The molecule has 0 radical (unpaired) electrons. The van der Waals surface area contributed by atoms with Gasteiger partial charge in [0.25, 0.3) is 11.6 Å². The molecule has 1 aromatic heterocycles. The predicted molar refractivity (Wildman–Crippen MR) is 101 cm³/mol. The normalized spacial score (nSPS) is 11.6. The summed E-state index contributed by atoms with van der Waals surface area (Å²) in [4.78, 5) is 39.5. The molecular weight excluding hydrogens is 400 g/mol. The molecule has 1 atom stereocenters. The van der Waals surface area contributed by atoms with Crippen LogP contribution < -0.4 is 10.6 Å². The molecule has 2 N–H and O–H groups in total. The van der Waals surface area contributed by atoms with Crippen LogP contribution in [-0.2, 0) is 4.79 Å². The Morgan fingerprint density at radius 1 is 1.17 bits per heavy atom. The van der Waals surface area contributed by atoms with Gasteiger partial charge in [0.15, 0.2) is 11.6 Å². The van der Waals surface area contributed by atoms with E-state index in [1.54, 1.807) is 0 Å². The lowest BCUT2D eigenvalue weighted by molar-refractivity contribution is -0.384. The zero-order chi connectivity index (χ0) is 21.8. The number of nitrogens with zero attached hydrogens (tertiary/aromatic N) is 3. The maximum absolute atomic E-state index is 13.6. The maximum Gasteiger partial charge on any atom is 0.294 e. The first-order valence-corrected chi connectivity index (χ1v) is 8.56. The molecule has 1 heterocycles. The van der Waals surface area contributed by atoms with Gasteiger partial charge in [-0.15, -0.1) is 0 Å². The van der Waals surface area contributed by atoms with Gasteiger partial charge in [0.05, 0.1) is 11.3 Å². The van der Waals surface area contributed by atoms with Gasteiger partial charge in [-0.25, -0.2) is 13.8 Å². The topological polar surface area (TPSA) is 119 Å². The molecule has 9 nitrogen and oxygen atoms in total. The molecule has 30 heavy (non-hydrogen) atoms. The van der Waals surface area contributed by atoms with E-state index >= 15 is 0 Å². The van der Waals surface area contributed by atoms with Crippen molar-refractivity contribution in [3.05, 3.63) is 88.0 Å². The molecular formula is C19H15F2N5O4. The van der Waals surface area contributed by atoms with Gasteiger partial charge >= 0.3 is 0 Å². The molecule has 154 valence electrons. The van der Waals surface area contributed by atoms with E-state index in [2.05, 4.69) is 15.6 Å². The summed E-state index contributed by atoms with van der Waals surface area (Å²) in [6.07, 6.45) is 4.32. The van der Waals surface area contributed by atoms with Crippen molar-refractivity contribution in [3.63, 3.8) is 0 Å². The van der Waals surface area contributed by atoms with Gasteiger partial charge < -0.3 is 15.2 Å². The van der Waals surface area contributed by atoms with E-state index in [4.69, 9.17) is 0 Å². The van der Waals surface area contributed by atoms with Gasteiger partial charge in [-0.2, -0.15) is 0 Å². The zero-order valence-electron chi connectivity index (χ0n) is 15.5. The van der Waals surface area contributed by atoms with Crippen molar-refractivity contribution in [2.24, 2.45) is 0 Å². The second kappa shape index (κ2) is 8.47. The molecule has 0 fully saturated rings. The highest BCUT2D eigenvalue weighted by Crippen LogP contribution is 2.25. The molecule has 0 saturated heterocycles. The Kier molecular flexibility index (Phi) is 5.81. The molecule has 0 spiro atoms. The predicted octanol–water partition coefficient (Wildman–Crippen LogP) is 2.28. The van der Waals surface area contributed by atoms with Crippen LogP contribution >= 0.6 is 0 Å². The Balaban J connectivity index is 1.94. The highest BCUT2D eigenvalue weighted by atomic mass is 19.2. The summed E-state index contributed by atoms with van der Waals surface area (Å²) in [5.74, 6) is -3.78. The average molecular weight is 415 g/mol. The van der Waals surface area contributed by atoms with E-state index in [1.165, 1.54) is 42.5 Å². The first-order chi connectivity index (χ1) is 14.3. The molecule has 0 aliphatic carbocycles. The first-order valence-electron chi connectivity index (χ1n) is 8.56. The Bertz CT molecular complexity index is 1120. The second-order valence-electron chi connectivity index (χ2n) is 6.12. The monoisotopic (exact) mass is 415 g/mol. The fourth-order valence-corrected chi connectivity index (χ4v) is 2.78. The zero-order valence-corrected chi connectivity index (χ0v) is 15.5. The van der Waals surface area contributed by atoms with Crippen molar-refractivity contribution >= 4 is 17.5 Å². The molecule has 2 aromatic carbocycles. The van der Waals surface area contributed by atoms with Gasteiger partial charge in [-0.3, -0.25) is 19.7 Å². The second-order valence-corrected chi connectivity index (χ2v) is 6.12. The average Bonchev–Trinajstić information content (AvgIpc) is 3.27. The van der Waals surface area contributed by atoms with Gasteiger partial charge in [0.2, 0.25) is 5.91 Å². The molecule has 11 heteroatoms. The number of benzene rings is 2. The number of nitro groups is 1.